The highest BCUT2D eigenvalue weighted by Gasteiger charge is 2.16. The van der Waals surface area contributed by atoms with E-state index in [2.05, 4.69) is 15.0 Å². The maximum absolute atomic E-state index is 11.8. The van der Waals surface area contributed by atoms with Crippen molar-refractivity contribution in [2.45, 2.75) is 13.3 Å². The van der Waals surface area contributed by atoms with E-state index in [1.165, 1.54) is 6.08 Å². The Morgan fingerprint density at radius 3 is 2.81 bits per heavy atom. The molecular formula is C15H13N3O3. The van der Waals surface area contributed by atoms with Crippen LogP contribution in [-0.2, 0) is 6.42 Å². The van der Waals surface area contributed by atoms with E-state index in [1.807, 2.05) is 25.1 Å². The maximum atomic E-state index is 11.8. The molecule has 1 aliphatic heterocycles. The summed E-state index contributed by atoms with van der Waals surface area (Å²) in [5, 5.41) is 9.72. The predicted molar refractivity (Wildman–Crippen MR) is 81.2 cm³/mol. The molecule has 0 aliphatic carbocycles. The lowest BCUT2D eigenvalue weighted by Crippen LogP contribution is -2.23. The second kappa shape index (κ2) is 4.90. The SMILES string of the molecule is CCc1cccc2c1N=CC2=Cc1c(O)[nH]c(=O)[nH]c1=O. The summed E-state index contributed by atoms with van der Waals surface area (Å²) in [6, 6.07) is 5.84. The molecule has 2 heterocycles. The van der Waals surface area contributed by atoms with E-state index in [4.69, 9.17) is 0 Å². The number of aromatic nitrogens is 2. The van der Waals surface area contributed by atoms with Crippen molar-refractivity contribution < 1.29 is 5.11 Å². The number of aromatic hydroxyl groups is 1. The minimum atomic E-state index is -0.742. The van der Waals surface area contributed by atoms with Crippen molar-refractivity contribution in [3.63, 3.8) is 0 Å². The van der Waals surface area contributed by atoms with E-state index >= 15 is 0 Å². The first-order chi connectivity index (χ1) is 10.1. The third-order valence-corrected chi connectivity index (χ3v) is 3.40. The van der Waals surface area contributed by atoms with E-state index in [9.17, 15) is 14.7 Å². The number of nitrogens with zero attached hydrogens (tertiary/aromatic N) is 1. The highest BCUT2D eigenvalue weighted by atomic mass is 16.3. The number of para-hydroxylation sites is 1. The van der Waals surface area contributed by atoms with E-state index < -0.39 is 17.1 Å². The van der Waals surface area contributed by atoms with Crippen LogP contribution in [0.15, 0.2) is 32.8 Å². The monoisotopic (exact) mass is 283 g/mol. The number of allylic oxidation sites excluding steroid dienone is 1. The molecule has 6 nitrogen and oxygen atoms in total. The number of hydrogen-bond donors (Lipinski definition) is 3. The summed E-state index contributed by atoms with van der Waals surface area (Å²) in [5.41, 5.74) is 2.24. The fourth-order valence-corrected chi connectivity index (χ4v) is 2.35. The van der Waals surface area contributed by atoms with Crippen molar-refractivity contribution in [3.05, 3.63) is 55.7 Å². The number of hydrogen-bond acceptors (Lipinski definition) is 4. The zero-order valence-electron chi connectivity index (χ0n) is 11.3. The number of rotatable bonds is 2. The fraction of sp³-hybridized carbons (Fsp3) is 0.133. The molecule has 0 saturated heterocycles. The molecular weight excluding hydrogens is 270 g/mol. The van der Waals surface area contributed by atoms with Gasteiger partial charge in [0, 0.05) is 17.4 Å². The Kier molecular flexibility index (Phi) is 3.06. The number of aryl methyl sites for hydroxylation is 1. The number of fused-ring (bicyclic) bond motifs is 1. The summed E-state index contributed by atoms with van der Waals surface area (Å²) >= 11 is 0. The van der Waals surface area contributed by atoms with Crippen molar-refractivity contribution in [2.24, 2.45) is 4.99 Å². The van der Waals surface area contributed by atoms with Gasteiger partial charge in [0.05, 0.1) is 5.69 Å². The van der Waals surface area contributed by atoms with Crippen molar-refractivity contribution in [2.75, 3.05) is 0 Å². The van der Waals surface area contributed by atoms with Crippen LogP contribution in [0.3, 0.4) is 0 Å². The quantitative estimate of drug-likeness (QED) is 0.780. The zero-order valence-corrected chi connectivity index (χ0v) is 11.3. The van der Waals surface area contributed by atoms with Crippen molar-refractivity contribution in [3.8, 4) is 5.88 Å². The summed E-state index contributed by atoms with van der Waals surface area (Å²) in [4.78, 5) is 31.4. The molecule has 0 atom stereocenters. The van der Waals surface area contributed by atoms with E-state index in [0.29, 0.717) is 5.57 Å². The van der Waals surface area contributed by atoms with Gasteiger partial charge >= 0.3 is 5.69 Å². The second-order valence-corrected chi connectivity index (χ2v) is 4.70. The Balaban J connectivity index is 2.16. The lowest BCUT2D eigenvalue weighted by Gasteiger charge is -2.04. The van der Waals surface area contributed by atoms with Gasteiger partial charge in [-0.15, -0.1) is 0 Å². The molecule has 1 aromatic heterocycles. The van der Waals surface area contributed by atoms with E-state index in [0.717, 1.165) is 23.2 Å². The summed E-state index contributed by atoms with van der Waals surface area (Å²) in [5.74, 6) is -0.454. The maximum Gasteiger partial charge on any atom is 0.328 e. The van der Waals surface area contributed by atoms with Crippen LogP contribution in [0.5, 0.6) is 5.88 Å². The fourth-order valence-electron chi connectivity index (χ4n) is 2.35. The van der Waals surface area contributed by atoms with Gasteiger partial charge in [0.2, 0.25) is 5.88 Å². The molecule has 0 spiro atoms. The van der Waals surface area contributed by atoms with Gasteiger partial charge in [0.15, 0.2) is 0 Å². The van der Waals surface area contributed by atoms with Gasteiger partial charge in [-0.25, -0.2) is 4.79 Å². The topological polar surface area (TPSA) is 98.3 Å². The number of H-pyrrole nitrogens is 2. The third kappa shape index (κ3) is 2.20. The Morgan fingerprint density at radius 1 is 1.29 bits per heavy atom. The van der Waals surface area contributed by atoms with Gasteiger partial charge in [-0.2, -0.15) is 0 Å². The molecule has 6 heteroatoms. The Labute approximate surface area is 119 Å². The molecule has 3 rings (SSSR count). The van der Waals surface area contributed by atoms with Gasteiger partial charge in [-0.1, -0.05) is 25.1 Å². The van der Waals surface area contributed by atoms with Crippen LogP contribution < -0.4 is 11.2 Å². The second-order valence-electron chi connectivity index (χ2n) is 4.70. The lowest BCUT2D eigenvalue weighted by molar-refractivity contribution is 0.447. The van der Waals surface area contributed by atoms with Crippen LogP contribution in [0.25, 0.3) is 11.6 Å². The number of nitrogens with one attached hydrogen (secondary N) is 2. The summed E-state index contributed by atoms with van der Waals surface area (Å²) in [6.45, 7) is 2.05. The van der Waals surface area contributed by atoms with Crippen LogP contribution in [0.2, 0.25) is 0 Å². The number of aliphatic imine (C=N–C) groups is 1. The number of benzene rings is 1. The molecule has 0 saturated carbocycles. The van der Waals surface area contributed by atoms with Crippen LogP contribution in [0.1, 0.15) is 23.6 Å². The van der Waals surface area contributed by atoms with Gasteiger partial charge in [0.25, 0.3) is 5.56 Å². The first-order valence-electron chi connectivity index (χ1n) is 6.53. The number of aromatic amines is 2. The van der Waals surface area contributed by atoms with Crippen LogP contribution in [0, 0.1) is 0 Å². The normalized spacial score (nSPS) is 14.6. The third-order valence-electron chi connectivity index (χ3n) is 3.40. The first kappa shape index (κ1) is 13.1. The predicted octanol–water partition coefficient (Wildman–Crippen LogP) is 1.59. The Morgan fingerprint density at radius 2 is 2.10 bits per heavy atom. The van der Waals surface area contributed by atoms with Gasteiger partial charge in [-0.05, 0) is 18.1 Å². The molecule has 106 valence electrons. The van der Waals surface area contributed by atoms with Crippen molar-refractivity contribution in [1.29, 1.82) is 0 Å². The highest BCUT2D eigenvalue weighted by molar-refractivity contribution is 6.21. The lowest BCUT2D eigenvalue weighted by atomic mass is 10.0. The molecule has 0 amide bonds. The first-order valence-corrected chi connectivity index (χ1v) is 6.53. The van der Waals surface area contributed by atoms with Crippen LogP contribution in [0.4, 0.5) is 5.69 Å². The van der Waals surface area contributed by atoms with Crippen LogP contribution in [-0.4, -0.2) is 21.3 Å². The van der Waals surface area contributed by atoms with Crippen LogP contribution >= 0.6 is 0 Å². The largest absolute Gasteiger partial charge is 0.494 e. The van der Waals surface area contributed by atoms with Gasteiger partial charge in [0.1, 0.15) is 5.56 Å². The summed E-state index contributed by atoms with van der Waals surface area (Å²) in [7, 11) is 0. The van der Waals surface area contributed by atoms with Gasteiger partial charge in [-0.3, -0.25) is 19.8 Å². The zero-order chi connectivity index (χ0) is 15.0. The smallest absolute Gasteiger partial charge is 0.328 e. The Hall–Kier alpha value is -2.89. The average molecular weight is 283 g/mol. The molecule has 0 bridgehead atoms. The molecule has 0 radical (unpaired) electrons. The highest BCUT2D eigenvalue weighted by Crippen LogP contribution is 2.35. The Bertz CT molecular complexity index is 888. The van der Waals surface area contributed by atoms with E-state index in [1.54, 1.807) is 6.21 Å². The standard InChI is InChI=1S/C15H13N3O3/c1-2-8-4-3-5-10-9(7-16-12(8)10)6-11-13(19)17-15(21)18-14(11)20/h3-7H,2H2,1H3,(H3,17,18,19,20,21). The van der Waals surface area contributed by atoms with Crippen molar-refractivity contribution >= 4 is 23.6 Å². The molecule has 1 aliphatic rings. The minimum absolute atomic E-state index is 0.00537. The van der Waals surface area contributed by atoms with Gasteiger partial charge < -0.3 is 5.11 Å². The summed E-state index contributed by atoms with van der Waals surface area (Å²) in [6.07, 6.45) is 4.02. The molecule has 1 aromatic carbocycles. The molecule has 0 unspecified atom stereocenters. The van der Waals surface area contributed by atoms with E-state index in [-0.39, 0.29) is 5.56 Å². The molecule has 21 heavy (non-hydrogen) atoms. The molecule has 2 aromatic rings. The molecule has 3 N–H and O–H groups in total. The van der Waals surface area contributed by atoms with Crippen molar-refractivity contribution in [1.82, 2.24) is 9.97 Å². The molecule has 0 fully saturated rings. The summed E-state index contributed by atoms with van der Waals surface area (Å²) < 4.78 is 0. The average Bonchev–Trinajstić information content (AvgIpc) is 2.85. The minimum Gasteiger partial charge on any atom is -0.494 e.